The zero-order chi connectivity index (χ0) is 18.2. The number of allylic oxidation sites excluding steroid dienone is 1. The highest BCUT2D eigenvalue weighted by Gasteiger charge is 2.33. The monoisotopic (exact) mass is 391 g/mol. The minimum absolute atomic E-state index is 0.0372. The van der Waals surface area contributed by atoms with E-state index >= 15 is 0 Å². The van der Waals surface area contributed by atoms with Crippen LogP contribution in [0.4, 0.5) is 19.2 Å². The van der Waals surface area contributed by atoms with E-state index in [0.29, 0.717) is 0 Å². The summed E-state index contributed by atoms with van der Waals surface area (Å²) in [5.74, 6) is -0.133. The second-order valence-corrected chi connectivity index (χ2v) is 8.46. The van der Waals surface area contributed by atoms with Gasteiger partial charge in [0.25, 0.3) is 0 Å². The van der Waals surface area contributed by atoms with Gasteiger partial charge < -0.3 is 4.42 Å². The summed E-state index contributed by atoms with van der Waals surface area (Å²) in [6, 6.07) is 3.81. The molecule has 0 spiro atoms. The quantitative estimate of drug-likeness (QED) is 0.742. The Kier molecular flexibility index (Phi) is 4.54. The number of benzene rings is 1. The number of oxazole rings is 1. The molecule has 0 radical (unpaired) electrons. The van der Waals surface area contributed by atoms with Crippen molar-refractivity contribution in [2.24, 2.45) is 4.99 Å². The topological polar surface area (TPSA) is 75.8 Å². The van der Waals surface area contributed by atoms with Gasteiger partial charge in [-0.15, -0.1) is 0 Å². The Morgan fingerprint density at radius 1 is 1.36 bits per heavy atom. The summed E-state index contributed by atoms with van der Waals surface area (Å²) >= 11 is -0.260. The number of thioether (sulfide) groups is 1. The highest BCUT2D eigenvalue weighted by molar-refractivity contribution is 8.00. The summed E-state index contributed by atoms with van der Waals surface area (Å²) in [5, 5.41) is 0. The van der Waals surface area contributed by atoms with Crippen LogP contribution in [0.3, 0.4) is 0 Å². The molecule has 1 aliphatic rings. The number of hydrogen-bond donors (Lipinski definition) is 0. The average molecular weight is 391 g/mol. The van der Waals surface area contributed by atoms with Crippen molar-refractivity contribution in [3.63, 3.8) is 0 Å². The summed E-state index contributed by atoms with van der Waals surface area (Å²) in [7, 11) is -3.56. The number of halogens is 3. The molecule has 1 atom stereocenters. The Balaban J connectivity index is 1.98. The molecule has 0 saturated carbocycles. The van der Waals surface area contributed by atoms with Crippen LogP contribution in [0.2, 0.25) is 0 Å². The molecule has 25 heavy (non-hydrogen) atoms. The van der Waals surface area contributed by atoms with Gasteiger partial charge in [0.1, 0.15) is 5.52 Å². The molecule has 11 heteroatoms. The van der Waals surface area contributed by atoms with Gasteiger partial charge in [-0.05, 0) is 36.0 Å². The second-order valence-electron chi connectivity index (χ2n) is 5.00. The lowest BCUT2D eigenvalue weighted by atomic mass is 10.3. The largest absolute Gasteiger partial charge is 0.446 e. The molecule has 1 aromatic heterocycles. The van der Waals surface area contributed by atoms with Crippen LogP contribution in [-0.4, -0.2) is 36.4 Å². The third-order valence-corrected chi connectivity index (χ3v) is 5.83. The maximum atomic E-state index is 12.5. The van der Waals surface area contributed by atoms with Gasteiger partial charge in [-0.1, -0.05) is 6.92 Å². The van der Waals surface area contributed by atoms with Crippen LogP contribution < -0.4 is 4.90 Å². The molecule has 2 heterocycles. The van der Waals surface area contributed by atoms with Crippen molar-refractivity contribution in [3.05, 3.63) is 30.5 Å². The first-order chi connectivity index (χ1) is 11.7. The standard InChI is InChI=1S/C14H12F3N3O3S2/c1-2-25(21,22)13-18-6-3-7-20(13)12-19-10-8-9(24-14(15,16)17)4-5-11(10)23-12/h3-8,13H,2H2,1H3. The fraction of sp³-hybridized carbons (Fsp3) is 0.286. The molecular formula is C14H12F3N3O3S2. The predicted molar refractivity (Wildman–Crippen MR) is 89.3 cm³/mol. The fourth-order valence-corrected chi connectivity index (χ4v) is 3.81. The van der Waals surface area contributed by atoms with Crippen LogP contribution >= 0.6 is 11.8 Å². The number of sulfone groups is 1. The van der Waals surface area contributed by atoms with Crippen molar-refractivity contribution in [2.75, 3.05) is 10.7 Å². The Morgan fingerprint density at radius 2 is 2.12 bits per heavy atom. The highest BCUT2D eigenvalue weighted by Crippen LogP contribution is 2.38. The second kappa shape index (κ2) is 6.37. The molecule has 6 nitrogen and oxygen atoms in total. The maximum Gasteiger partial charge on any atom is 0.446 e. The number of nitrogens with zero attached hydrogens (tertiary/aromatic N) is 3. The molecular weight excluding hydrogens is 379 g/mol. The van der Waals surface area contributed by atoms with Gasteiger partial charge >= 0.3 is 11.5 Å². The highest BCUT2D eigenvalue weighted by atomic mass is 32.2. The SMILES string of the molecule is CCS(=O)(=O)C1N=CC=CN1c1nc2cc(SC(F)(F)F)ccc2o1. The van der Waals surface area contributed by atoms with Crippen molar-refractivity contribution < 1.29 is 26.0 Å². The van der Waals surface area contributed by atoms with E-state index in [9.17, 15) is 21.6 Å². The molecule has 134 valence electrons. The Bertz CT molecular complexity index is 951. The first-order valence-corrected chi connectivity index (χ1v) is 9.59. The summed E-state index contributed by atoms with van der Waals surface area (Å²) in [6.45, 7) is 1.49. The van der Waals surface area contributed by atoms with Gasteiger partial charge in [0.2, 0.25) is 5.50 Å². The van der Waals surface area contributed by atoms with E-state index in [1.165, 1.54) is 48.5 Å². The summed E-state index contributed by atoms with van der Waals surface area (Å²) in [5.41, 5.74) is -5.19. The van der Waals surface area contributed by atoms with E-state index < -0.39 is 20.8 Å². The molecule has 3 rings (SSSR count). The number of hydrogen-bond acceptors (Lipinski definition) is 7. The van der Waals surface area contributed by atoms with Crippen molar-refractivity contribution >= 4 is 44.9 Å². The number of aliphatic imine (C=N–C) groups is 1. The van der Waals surface area contributed by atoms with Crippen molar-refractivity contribution in [2.45, 2.75) is 22.8 Å². The van der Waals surface area contributed by atoms with Crippen molar-refractivity contribution in [1.82, 2.24) is 4.98 Å². The van der Waals surface area contributed by atoms with Crippen LogP contribution in [-0.2, 0) is 9.84 Å². The van der Waals surface area contributed by atoms with Gasteiger partial charge in [-0.2, -0.15) is 18.2 Å². The Labute approximate surface area is 145 Å². The van der Waals surface area contributed by atoms with Crippen LogP contribution in [0.25, 0.3) is 11.1 Å². The van der Waals surface area contributed by atoms with Crippen LogP contribution in [0.5, 0.6) is 0 Å². The molecule has 0 saturated heterocycles. The molecule has 1 unspecified atom stereocenters. The van der Waals surface area contributed by atoms with Crippen LogP contribution in [0.1, 0.15) is 6.92 Å². The van der Waals surface area contributed by atoms with Crippen molar-refractivity contribution in [3.8, 4) is 0 Å². The third-order valence-electron chi connectivity index (χ3n) is 3.31. The zero-order valence-electron chi connectivity index (χ0n) is 12.8. The minimum atomic E-state index is -4.41. The molecule has 1 aromatic carbocycles. The lowest BCUT2D eigenvalue weighted by Gasteiger charge is -2.25. The predicted octanol–water partition coefficient (Wildman–Crippen LogP) is 3.56. The fourth-order valence-electron chi connectivity index (χ4n) is 2.18. The molecule has 0 bridgehead atoms. The molecule has 2 aromatic rings. The first-order valence-electron chi connectivity index (χ1n) is 7.06. The van der Waals surface area contributed by atoms with E-state index in [2.05, 4.69) is 9.98 Å². The first kappa shape index (κ1) is 17.8. The normalized spacial score (nSPS) is 18.2. The van der Waals surface area contributed by atoms with Gasteiger partial charge in [0.15, 0.2) is 15.4 Å². The van der Waals surface area contributed by atoms with Gasteiger partial charge in [0, 0.05) is 17.3 Å². The smallest absolute Gasteiger partial charge is 0.423 e. The van der Waals surface area contributed by atoms with Gasteiger partial charge in [0.05, 0.1) is 5.75 Å². The summed E-state index contributed by atoms with van der Waals surface area (Å²) in [6.07, 6.45) is 4.32. The molecule has 0 amide bonds. The zero-order valence-corrected chi connectivity index (χ0v) is 14.4. The molecule has 0 aliphatic carbocycles. The number of fused-ring (bicyclic) bond motifs is 1. The van der Waals surface area contributed by atoms with Crippen LogP contribution in [0, 0.1) is 0 Å². The number of anilines is 1. The lowest BCUT2D eigenvalue weighted by molar-refractivity contribution is -0.0328. The molecule has 0 N–H and O–H groups in total. The van der Waals surface area contributed by atoms with E-state index in [4.69, 9.17) is 4.42 Å². The Hall–Kier alpha value is -2.01. The van der Waals surface area contributed by atoms with E-state index in [-0.39, 0.29) is 39.5 Å². The molecule has 0 fully saturated rings. The number of aromatic nitrogens is 1. The van der Waals surface area contributed by atoms with Gasteiger partial charge in [-0.25, -0.2) is 8.42 Å². The number of rotatable bonds is 4. The van der Waals surface area contributed by atoms with Crippen LogP contribution in [0.15, 0.2) is 44.8 Å². The average Bonchev–Trinajstić information content (AvgIpc) is 2.96. The van der Waals surface area contributed by atoms with E-state index in [1.54, 1.807) is 0 Å². The summed E-state index contributed by atoms with van der Waals surface area (Å²) in [4.78, 5) is 9.25. The van der Waals surface area contributed by atoms with E-state index in [1.807, 2.05) is 0 Å². The van der Waals surface area contributed by atoms with Gasteiger partial charge in [-0.3, -0.25) is 9.89 Å². The number of alkyl halides is 3. The maximum absolute atomic E-state index is 12.5. The third kappa shape index (κ3) is 3.82. The lowest BCUT2D eigenvalue weighted by Crippen LogP contribution is -2.39. The Morgan fingerprint density at radius 3 is 2.80 bits per heavy atom. The van der Waals surface area contributed by atoms with Crippen molar-refractivity contribution in [1.29, 1.82) is 0 Å². The minimum Gasteiger partial charge on any atom is -0.423 e. The molecule has 1 aliphatic heterocycles. The van der Waals surface area contributed by atoms with E-state index in [0.717, 1.165) is 0 Å². The summed E-state index contributed by atoms with van der Waals surface area (Å²) < 4.78 is 67.3.